The van der Waals surface area contributed by atoms with Gasteiger partial charge in [-0.25, -0.2) is 0 Å². The molecule has 0 spiro atoms. The van der Waals surface area contributed by atoms with Gasteiger partial charge in [0, 0.05) is 11.6 Å². The molecule has 0 atom stereocenters. The van der Waals surface area contributed by atoms with Crippen molar-refractivity contribution in [2.24, 2.45) is 0 Å². The van der Waals surface area contributed by atoms with Crippen molar-refractivity contribution in [3.8, 4) is 5.75 Å². The summed E-state index contributed by atoms with van der Waals surface area (Å²) < 4.78 is 5.13. The van der Waals surface area contributed by atoms with Gasteiger partial charge in [-0.2, -0.15) is 0 Å². The van der Waals surface area contributed by atoms with Gasteiger partial charge >= 0.3 is 0 Å². The summed E-state index contributed by atoms with van der Waals surface area (Å²) in [5.74, 6) is 0.865. The fourth-order valence-electron chi connectivity index (χ4n) is 1.15. The molecule has 0 aliphatic carbocycles. The maximum absolute atomic E-state index is 5.13. The molecule has 0 saturated carbocycles. The van der Waals surface area contributed by atoms with E-state index < -0.39 is 0 Å². The number of rotatable bonds is 1. The van der Waals surface area contributed by atoms with Crippen LogP contribution in [-0.4, -0.2) is 12.1 Å². The van der Waals surface area contributed by atoms with Crippen molar-refractivity contribution in [3.63, 3.8) is 0 Å². The highest BCUT2D eigenvalue weighted by Gasteiger charge is 1.99. The molecule has 0 saturated heterocycles. The van der Waals surface area contributed by atoms with Gasteiger partial charge in [-0.05, 0) is 24.3 Å². The van der Waals surface area contributed by atoms with Crippen LogP contribution in [0.3, 0.4) is 0 Å². The molecule has 0 amide bonds. The largest absolute Gasteiger partial charge is 0.495 e. The van der Waals surface area contributed by atoms with Crippen LogP contribution >= 0.6 is 0 Å². The molecule has 0 aliphatic heterocycles. The van der Waals surface area contributed by atoms with Crippen molar-refractivity contribution in [3.05, 3.63) is 30.5 Å². The Morgan fingerprint density at radius 2 is 2.36 bits per heavy atom. The highest BCUT2D eigenvalue weighted by Crippen LogP contribution is 2.22. The predicted molar refractivity (Wildman–Crippen MR) is 43.7 cm³/mol. The molecule has 0 unspecified atom stereocenters. The fourth-order valence-corrected chi connectivity index (χ4v) is 1.15. The van der Waals surface area contributed by atoms with E-state index in [1.54, 1.807) is 7.11 Å². The van der Waals surface area contributed by atoms with E-state index in [0.717, 1.165) is 16.7 Å². The lowest BCUT2D eigenvalue weighted by Crippen LogP contribution is -1.82. The second kappa shape index (κ2) is 2.31. The van der Waals surface area contributed by atoms with Crippen LogP contribution in [0, 0.1) is 6.07 Å². The van der Waals surface area contributed by atoms with E-state index in [4.69, 9.17) is 4.74 Å². The Balaban J connectivity index is 2.79. The number of aromatic nitrogens is 1. The van der Waals surface area contributed by atoms with Crippen molar-refractivity contribution in [2.75, 3.05) is 7.11 Å². The summed E-state index contributed by atoms with van der Waals surface area (Å²) >= 11 is 0. The van der Waals surface area contributed by atoms with Crippen LogP contribution in [0.1, 0.15) is 0 Å². The van der Waals surface area contributed by atoms with E-state index >= 15 is 0 Å². The third-order valence-corrected chi connectivity index (χ3v) is 1.69. The van der Waals surface area contributed by atoms with Gasteiger partial charge in [0.1, 0.15) is 5.75 Å². The van der Waals surface area contributed by atoms with Gasteiger partial charge in [-0.1, -0.05) is 0 Å². The SMILES string of the molecule is COc1cc[c]c2cc[nH]c12. The van der Waals surface area contributed by atoms with E-state index in [1.807, 2.05) is 24.4 Å². The molecule has 0 aliphatic rings. The third kappa shape index (κ3) is 0.871. The first kappa shape index (κ1) is 6.28. The highest BCUT2D eigenvalue weighted by molar-refractivity contribution is 5.84. The lowest BCUT2D eigenvalue weighted by molar-refractivity contribution is 0.419. The Labute approximate surface area is 64.8 Å². The average molecular weight is 146 g/mol. The van der Waals surface area contributed by atoms with E-state index in [2.05, 4.69) is 11.1 Å². The molecule has 2 heteroatoms. The smallest absolute Gasteiger partial charge is 0.142 e. The molecule has 1 N–H and O–H groups in total. The minimum absolute atomic E-state index is 0.865. The molecule has 2 nitrogen and oxygen atoms in total. The van der Waals surface area contributed by atoms with E-state index in [-0.39, 0.29) is 0 Å². The number of fused-ring (bicyclic) bond motifs is 1. The lowest BCUT2D eigenvalue weighted by atomic mass is 10.2. The van der Waals surface area contributed by atoms with Crippen LogP contribution in [0.2, 0.25) is 0 Å². The molecule has 11 heavy (non-hydrogen) atoms. The number of hydrogen-bond donors (Lipinski definition) is 1. The van der Waals surface area contributed by atoms with Crippen LogP contribution in [0.5, 0.6) is 5.75 Å². The van der Waals surface area contributed by atoms with Crippen LogP contribution in [0.25, 0.3) is 10.9 Å². The third-order valence-electron chi connectivity index (χ3n) is 1.69. The first-order valence-electron chi connectivity index (χ1n) is 3.43. The van der Waals surface area contributed by atoms with Gasteiger partial charge in [0.05, 0.1) is 12.6 Å². The topological polar surface area (TPSA) is 25.0 Å². The highest BCUT2D eigenvalue weighted by atomic mass is 16.5. The van der Waals surface area contributed by atoms with Gasteiger partial charge in [0.2, 0.25) is 0 Å². The first-order chi connectivity index (χ1) is 5.42. The number of nitrogens with one attached hydrogen (secondary N) is 1. The number of methoxy groups -OCH3 is 1. The lowest BCUT2D eigenvalue weighted by Gasteiger charge is -1.98. The molecule has 1 heterocycles. The van der Waals surface area contributed by atoms with Gasteiger partial charge in [-0.3, -0.25) is 0 Å². The van der Waals surface area contributed by atoms with Gasteiger partial charge in [0.25, 0.3) is 0 Å². The van der Waals surface area contributed by atoms with E-state index in [9.17, 15) is 0 Å². The monoisotopic (exact) mass is 146 g/mol. The van der Waals surface area contributed by atoms with Gasteiger partial charge in [-0.15, -0.1) is 0 Å². The maximum atomic E-state index is 5.13. The Hall–Kier alpha value is -1.44. The molecule has 2 aromatic rings. The Morgan fingerprint density at radius 1 is 1.45 bits per heavy atom. The average Bonchev–Trinajstić information content (AvgIpc) is 2.50. The van der Waals surface area contributed by atoms with Crippen molar-refractivity contribution in [1.82, 2.24) is 4.98 Å². The van der Waals surface area contributed by atoms with Gasteiger partial charge < -0.3 is 9.72 Å². The Morgan fingerprint density at radius 3 is 3.18 bits per heavy atom. The van der Waals surface area contributed by atoms with Crippen molar-refractivity contribution < 1.29 is 4.74 Å². The van der Waals surface area contributed by atoms with Crippen molar-refractivity contribution in [2.45, 2.75) is 0 Å². The van der Waals surface area contributed by atoms with Crippen molar-refractivity contribution in [1.29, 1.82) is 0 Å². The fraction of sp³-hybridized carbons (Fsp3) is 0.111. The second-order valence-electron chi connectivity index (χ2n) is 2.31. The minimum atomic E-state index is 0.865. The Bertz CT molecular complexity index is 364. The number of ether oxygens (including phenoxy) is 1. The number of benzene rings is 1. The summed E-state index contributed by atoms with van der Waals surface area (Å²) in [5.41, 5.74) is 1.01. The summed E-state index contributed by atoms with van der Waals surface area (Å²) in [6, 6.07) is 8.81. The zero-order chi connectivity index (χ0) is 7.68. The van der Waals surface area contributed by atoms with E-state index in [0.29, 0.717) is 0 Å². The van der Waals surface area contributed by atoms with Gasteiger partial charge in [0.15, 0.2) is 0 Å². The minimum Gasteiger partial charge on any atom is -0.495 e. The maximum Gasteiger partial charge on any atom is 0.142 e. The predicted octanol–water partition coefficient (Wildman–Crippen LogP) is 1.98. The molecule has 2 rings (SSSR count). The summed E-state index contributed by atoms with van der Waals surface area (Å²) in [6.07, 6.45) is 1.88. The first-order valence-corrected chi connectivity index (χ1v) is 3.43. The van der Waals surface area contributed by atoms with Crippen molar-refractivity contribution >= 4 is 10.9 Å². The molecule has 55 valence electrons. The quantitative estimate of drug-likeness (QED) is 0.653. The summed E-state index contributed by atoms with van der Waals surface area (Å²) in [5, 5.41) is 1.06. The van der Waals surface area contributed by atoms with Crippen LogP contribution in [-0.2, 0) is 0 Å². The van der Waals surface area contributed by atoms with Crippen LogP contribution in [0.4, 0.5) is 0 Å². The zero-order valence-electron chi connectivity index (χ0n) is 6.22. The van der Waals surface area contributed by atoms with E-state index in [1.165, 1.54) is 0 Å². The summed E-state index contributed by atoms with van der Waals surface area (Å²) in [7, 11) is 1.66. The molecule has 0 fully saturated rings. The summed E-state index contributed by atoms with van der Waals surface area (Å²) in [4.78, 5) is 3.08. The molecule has 1 aromatic carbocycles. The Kier molecular flexibility index (Phi) is 1.32. The number of H-pyrrole nitrogens is 1. The molecular formula is C9H8NO. The molecule has 1 aromatic heterocycles. The standard InChI is InChI=1S/C9H8NO/c1-11-8-4-2-3-7-5-6-10-9(7)8/h2,4-6,10H,1H3. The van der Waals surface area contributed by atoms with Crippen LogP contribution in [0.15, 0.2) is 24.4 Å². The molecule has 0 bridgehead atoms. The second-order valence-corrected chi connectivity index (χ2v) is 2.31. The normalized spacial score (nSPS) is 10.3. The molecular weight excluding hydrogens is 138 g/mol. The van der Waals surface area contributed by atoms with Crippen LogP contribution < -0.4 is 4.74 Å². The zero-order valence-corrected chi connectivity index (χ0v) is 6.22. The number of hydrogen-bond acceptors (Lipinski definition) is 1. The number of aromatic amines is 1. The summed E-state index contributed by atoms with van der Waals surface area (Å²) in [6.45, 7) is 0. The molecule has 1 radical (unpaired) electrons.